The number of hydrogen-bond donors (Lipinski definition) is 1. The van der Waals surface area contributed by atoms with Gasteiger partial charge in [0.05, 0.1) is 19.2 Å². The van der Waals surface area contributed by atoms with Crippen molar-refractivity contribution in [3.8, 4) is 0 Å². The summed E-state index contributed by atoms with van der Waals surface area (Å²) in [4.78, 5) is 47.8. The number of benzene rings is 1. The second-order valence-electron chi connectivity index (χ2n) is 6.15. The minimum absolute atomic E-state index is 0.0741. The topological polar surface area (TPSA) is 102 Å². The maximum absolute atomic E-state index is 11.9. The van der Waals surface area contributed by atoms with Crippen LogP contribution in [0, 0.1) is 0 Å². The van der Waals surface area contributed by atoms with Crippen LogP contribution in [0.25, 0.3) is 6.08 Å². The van der Waals surface area contributed by atoms with Gasteiger partial charge < -0.3 is 19.7 Å². The Morgan fingerprint density at radius 2 is 1.85 bits per heavy atom. The number of esters is 2. The molecule has 1 fully saturated rings. The summed E-state index contributed by atoms with van der Waals surface area (Å²) < 4.78 is 9.48. The zero-order valence-electron chi connectivity index (χ0n) is 15.3. The molecule has 1 aromatic rings. The normalized spacial score (nSPS) is 13.1. The third-order valence-corrected chi connectivity index (χ3v) is 3.83. The summed E-state index contributed by atoms with van der Waals surface area (Å²) in [5.74, 6) is -1.82. The fourth-order valence-electron chi connectivity index (χ4n) is 2.11. The number of nitrogens with one attached hydrogen (secondary N) is 1. The third-order valence-electron chi connectivity index (χ3n) is 3.83. The number of rotatable bonds is 8. The van der Waals surface area contributed by atoms with E-state index in [0.29, 0.717) is 11.1 Å². The monoisotopic (exact) mass is 374 g/mol. The van der Waals surface area contributed by atoms with E-state index in [4.69, 9.17) is 4.74 Å². The van der Waals surface area contributed by atoms with E-state index in [0.717, 1.165) is 12.8 Å². The molecular formula is C19H22N2O6. The van der Waals surface area contributed by atoms with Crippen LogP contribution in [0.4, 0.5) is 0 Å². The molecule has 0 aromatic heterocycles. The smallest absolute Gasteiger partial charge is 0.337 e. The molecule has 0 radical (unpaired) electrons. The summed E-state index contributed by atoms with van der Waals surface area (Å²) in [5, 5.41) is 2.78. The highest BCUT2D eigenvalue weighted by atomic mass is 16.5. The molecule has 0 atom stereocenters. The molecule has 0 heterocycles. The lowest BCUT2D eigenvalue weighted by Crippen LogP contribution is -2.40. The largest absolute Gasteiger partial charge is 0.465 e. The Bertz CT molecular complexity index is 737. The van der Waals surface area contributed by atoms with Crippen molar-refractivity contribution in [1.29, 1.82) is 0 Å². The van der Waals surface area contributed by atoms with Crippen molar-refractivity contribution in [2.45, 2.75) is 18.9 Å². The van der Waals surface area contributed by atoms with E-state index in [-0.39, 0.29) is 18.5 Å². The van der Waals surface area contributed by atoms with Gasteiger partial charge in [-0.3, -0.25) is 9.59 Å². The quantitative estimate of drug-likeness (QED) is 0.533. The van der Waals surface area contributed by atoms with E-state index in [9.17, 15) is 19.2 Å². The zero-order chi connectivity index (χ0) is 19.8. The standard InChI is InChI=1S/C19H22N2O6/c1-21(11-16(22)20-15-8-9-15)17(23)12-27-18(24)10-5-13-3-6-14(7-4-13)19(25)26-2/h3-7,10,15H,8-9,11-12H2,1-2H3,(H,20,22)/b10-5+. The summed E-state index contributed by atoms with van der Waals surface area (Å²) in [5.41, 5.74) is 1.08. The van der Waals surface area contributed by atoms with Gasteiger partial charge in [-0.15, -0.1) is 0 Å². The van der Waals surface area contributed by atoms with Gasteiger partial charge in [-0.2, -0.15) is 0 Å². The van der Waals surface area contributed by atoms with Gasteiger partial charge in [-0.1, -0.05) is 12.1 Å². The Morgan fingerprint density at radius 1 is 1.19 bits per heavy atom. The van der Waals surface area contributed by atoms with E-state index in [1.54, 1.807) is 24.3 Å². The fourth-order valence-corrected chi connectivity index (χ4v) is 2.11. The first-order valence-corrected chi connectivity index (χ1v) is 8.45. The molecule has 1 aliphatic carbocycles. The average molecular weight is 374 g/mol. The van der Waals surface area contributed by atoms with Crippen LogP contribution < -0.4 is 5.32 Å². The van der Waals surface area contributed by atoms with Crippen molar-refractivity contribution in [3.05, 3.63) is 41.5 Å². The van der Waals surface area contributed by atoms with Crippen molar-refractivity contribution in [2.75, 3.05) is 27.3 Å². The van der Waals surface area contributed by atoms with Gasteiger partial charge in [-0.25, -0.2) is 9.59 Å². The Hall–Kier alpha value is -3.16. The minimum atomic E-state index is -0.684. The molecule has 0 saturated heterocycles. The van der Waals surface area contributed by atoms with Gasteiger partial charge in [0.2, 0.25) is 5.91 Å². The molecule has 1 aromatic carbocycles. The van der Waals surface area contributed by atoms with Crippen molar-refractivity contribution < 1.29 is 28.7 Å². The molecule has 1 N–H and O–H groups in total. The molecule has 1 aliphatic rings. The first-order valence-electron chi connectivity index (χ1n) is 8.45. The number of ether oxygens (including phenoxy) is 2. The Balaban J connectivity index is 1.74. The second kappa shape index (κ2) is 9.51. The zero-order valence-corrected chi connectivity index (χ0v) is 15.3. The van der Waals surface area contributed by atoms with Gasteiger partial charge in [0, 0.05) is 19.2 Å². The molecule has 8 heteroatoms. The molecule has 0 bridgehead atoms. The van der Waals surface area contributed by atoms with Gasteiger partial charge in [0.15, 0.2) is 6.61 Å². The van der Waals surface area contributed by atoms with Crippen LogP contribution in [-0.4, -0.2) is 62.0 Å². The van der Waals surface area contributed by atoms with Crippen molar-refractivity contribution in [3.63, 3.8) is 0 Å². The van der Waals surface area contributed by atoms with E-state index >= 15 is 0 Å². The van der Waals surface area contributed by atoms with Crippen molar-refractivity contribution in [2.24, 2.45) is 0 Å². The first kappa shape index (κ1) is 20.2. The molecule has 2 rings (SSSR count). The number of hydrogen-bond acceptors (Lipinski definition) is 6. The van der Waals surface area contributed by atoms with Crippen LogP contribution in [0.2, 0.25) is 0 Å². The van der Waals surface area contributed by atoms with Gasteiger partial charge in [-0.05, 0) is 36.6 Å². The summed E-state index contributed by atoms with van der Waals surface area (Å²) in [6.07, 6.45) is 4.62. The van der Waals surface area contributed by atoms with E-state index in [1.165, 1.54) is 31.2 Å². The molecule has 8 nitrogen and oxygen atoms in total. The average Bonchev–Trinajstić information content (AvgIpc) is 3.47. The number of likely N-dealkylation sites (N-methyl/N-ethyl adjacent to an activating group) is 1. The lowest BCUT2D eigenvalue weighted by atomic mass is 10.1. The predicted molar refractivity (Wildman–Crippen MR) is 96.6 cm³/mol. The van der Waals surface area contributed by atoms with Gasteiger partial charge in [0.25, 0.3) is 5.91 Å². The van der Waals surface area contributed by atoms with Crippen molar-refractivity contribution >= 4 is 29.8 Å². The van der Waals surface area contributed by atoms with Gasteiger partial charge >= 0.3 is 11.9 Å². The molecule has 0 spiro atoms. The molecule has 2 amide bonds. The number of carbonyl (C=O) groups is 4. The summed E-state index contributed by atoms with van der Waals surface area (Å²) in [6, 6.07) is 6.66. The van der Waals surface area contributed by atoms with E-state index in [1.807, 2.05) is 0 Å². The van der Waals surface area contributed by atoms with Crippen LogP contribution in [0.5, 0.6) is 0 Å². The maximum atomic E-state index is 11.9. The number of amides is 2. The summed E-state index contributed by atoms with van der Waals surface area (Å²) in [6.45, 7) is -0.521. The minimum Gasteiger partial charge on any atom is -0.465 e. The SMILES string of the molecule is COC(=O)c1ccc(/C=C/C(=O)OCC(=O)N(C)CC(=O)NC2CC2)cc1. The molecule has 1 saturated carbocycles. The Labute approximate surface area is 157 Å². The van der Waals surface area contributed by atoms with Crippen LogP contribution in [-0.2, 0) is 23.9 Å². The van der Waals surface area contributed by atoms with Gasteiger partial charge in [0.1, 0.15) is 0 Å². The molecule has 27 heavy (non-hydrogen) atoms. The predicted octanol–water partition coefficient (Wildman–Crippen LogP) is 0.767. The van der Waals surface area contributed by atoms with Crippen LogP contribution in [0.3, 0.4) is 0 Å². The second-order valence-corrected chi connectivity index (χ2v) is 6.15. The van der Waals surface area contributed by atoms with E-state index in [2.05, 4.69) is 10.1 Å². The number of carbonyl (C=O) groups excluding carboxylic acids is 4. The highest BCUT2D eigenvalue weighted by molar-refractivity contribution is 5.91. The highest BCUT2D eigenvalue weighted by Crippen LogP contribution is 2.18. The third kappa shape index (κ3) is 6.93. The van der Waals surface area contributed by atoms with Crippen molar-refractivity contribution in [1.82, 2.24) is 10.2 Å². The molecule has 0 aliphatic heterocycles. The number of nitrogens with zero attached hydrogens (tertiary/aromatic N) is 1. The molecular weight excluding hydrogens is 352 g/mol. The van der Waals surface area contributed by atoms with Crippen LogP contribution >= 0.6 is 0 Å². The van der Waals surface area contributed by atoms with E-state index < -0.39 is 24.5 Å². The van der Waals surface area contributed by atoms with Crippen LogP contribution in [0.15, 0.2) is 30.3 Å². The summed E-state index contributed by atoms with van der Waals surface area (Å²) in [7, 11) is 2.77. The highest BCUT2D eigenvalue weighted by Gasteiger charge is 2.24. The number of methoxy groups -OCH3 is 1. The fraction of sp³-hybridized carbons (Fsp3) is 0.368. The lowest BCUT2D eigenvalue weighted by Gasteiger charge is -2.16. The molecule has 0 unspecified atom stereocenters. The van der Waals surface area contributed by atoms with Crippen LogP contribution in [0.1, 0.15) is 28.8 Å². The first-order chi connectivity index (χ1) is 12.9. The lowest BCUT2D eigenvalue weighted by molar-refractivity contribution is -0.148. The Kier molecular flexibility index (Phi) is 7.10. The Morgan fingerprint density at radius 3 is 2.44 bits per heavy atom. The maximum Gasteiger partial charge on any atom is 0.337 e. The summed E-state index contributed by atoms with van der Waals surface area (Å²) >= 11 is 0. The molecule has 144 valence electrons.